The van der Waals surface area contributed by atoms with Crippen LogP contribution in [0.5, 0.6) is 0 Å². The minimum atomic E-state index is -2.66. The van der Waals surface area contributed by atoms with Crippen LogP contribution in [0.2, 0.25) is 0 Å². The van der Waals surface area contributed by atoms with Crippen molar-refractivity contribution in [3.05, 3.63) is 63.4 Å². The van der Waals surface area contributed by atoms with Gasteiger partial charge in [-0.05, 0) is 55.9 Å². The van der Waals surface area contributed by atoms with Crippen molar-refractivity contribution in [3.8, 4) is 0 Å². The Morgan fingerprint density at radius 2 is 2.03 bits per heavy atom. The molecule has 0 amide bonds. The first kappa shape index (κ1) is 16.4. The highest BCUT2D eigenvalue weighted by Gasteiger charge is 2.46. The van der Waals surface area contributed by atoms with Gasteiger partial charge < -0.3 is 15.3 Å². The average molecular weight is 422 g/mol. The molecule has 1 aliphatic heterocycles. The quantitative estimate of drug-likeness (QED) is 0.655. The lowest BCUT2D eigenvalue weighted by Gasteiger charge is -2.24. The van der Waals surface area contributed by atoms with Gasteiger partial charge in [-0.15, -0.1) is 0 Å². The Labute approximate surface area is 184 Å². The molecule has 31 heavy (non-hydrogen) atoms. The SMILES string of the molecule is [2H]C([2H])([2H])n1c(N2CC3CC3C2)nc2c(C(C)Nc3ccccc3C(=O)O)cc(C)cc2c1=O. The van der Waals surface area contributed by atoms with Crippen molar-refractivity contribution in [1.82, 2.24) is 9.55 Å². The van der Waals surface area contributed by atoms with Crippen LogP contribution >= 0.6 is 0 Å². The number of carboxylic acids is 1. The fourth-order valence-electron chi connectivity index (χ4n) is 4.67. The summed E-state index contributed by atoms with van der Waals surface area (Å²) in [4.78, 5) is 31.8. The van der Waals surface area contributed by atoms with Gasteiger partial charge in [0.05, 0.1) is 22.5 Å². The number of nitrogens with zero attached hydrogens (tertiary/aromatic N) is 3. The Balaban J connectivity index is 1.66. The van der Waals surface area contributed by atoms with E-state index in [2.05, 4.69) is 5.32 Å². The van der Waals surface area contributed by atoms with Crippen LogP contribution in [-0.2, 0) is 6.98 Å². The standard InChI is InChI=1S/C24H26N4O3/c1-13-8-18(14(2)25-20-7-5-4-6-17(20)23(30)31)21-19(9-13)22(29)27(3)24(26-21)28-11-15-10-16(15)12-28/h4-9,14-16,25H,10-12H2,1-3H3,(H,30,31)/i3D3. The van der Waals surface area contributed by atoms with E-state index in [1.54, 1.807) is 24.3 Å². The topological polar surface area (TPSA) is 87.5 Å². The average Bonchev–Trinajstić information content (AvgIpc) is 3.37. The van der Waals surface area contributed by atoms with Crippen LogP contribution in [0.3, 0.4) is 0 Å². The third-order valence-electron chi connectivity index (χ3n) is 6.39. The summed E-state index contributed by atoms with van der Waals surface area (Å²) in [5.74, 6) is 0.192. The number of aryl methyl sites for hydroxylation is 1. The maximum absolute atomic E-state index is 13.5. The molecule has 7 heteroatoms. The Bertz CT molecular complexity index is 1360. The van der Waals surface area contributed by atoms with Crippen LogP contribution in [-0.4, -0.2) is 33.7 Å². The fourth-order valence-corrected chi connectivity index (χ4v) is 4.67. The first-order valence-electron chi connectivity index (χ1n) is 12.0. The van der Waals surface area contributed by atoms with Crippen molar-refractivity contribution in [2.75, 3.05) is 23.3 Å². The van der Waals surface area contributed by atoms with Gasteiger partial charge in [0.25, 0.3) is 5.56 Å². The summed E-state index contributed by atoms with van der Waals surface area (Å²) in [5, 5.41) is 13.0. The van der Waals surface area contributed by atoms with Gasteiger partial charge in [-0.25, -0.2) is 9.78 Å². The minimum absolute atomic E-state index is 0.140. The predicted molar refractivity (Wildman–Crippen MR) is 121 cm³/mol. The summed E-state index contributed by atoms with van der Waals surface area (Å²) in [7, 11) is 0. The van der Waals surface area contributed by atoms with Crippen molar-refractivity contribution in [1.29, 1.82) is 0 Å². The van der Waals surface area contributed by atoms with Crippen LogP contribution in [0, 0.1) is 18.8 Å². The monoisotopic (exact) mass is 421 g/mol. The molecule has 2 aliphatic rings. The number of anilines is 2. The number of hydrogen-bond donors (Lipinski definition) is 2. The van der Waals surface area contributed by atoms with Gasteiger partial charge in [-0.3, -0.25) is 9.36 Å². The molecule has 0 bridgehead atoms. The molecule has 0 spiro atoms. The predicted octanol–water partition coefficient (Wildman–Crippen LogP) is 3.57. The van der Waals surface area contributed by atoms with Crippen LogP contribution in [0.4, 0.5) is 11.6 Å². The number of carboxylic acid groups (broad SMARTS) is 1. The summed E-state index contributed by atoms with van der Waals surface area (Å²) < 4.78 is 24.9. The highest BCUT2D eigenvalue weighted by molar-refractivity contribution is 5.94. The lowest BCUT2D eigenvalue weighted by Crippen LogP contribution is -2.31. The largest absolute Gasteiger partial charge is 0.478 e. The van der Waals surface area contributed by atoms with E-state index in [0.29, 0.717) is 41.7 Å². The van der Waals surface area contributed by atoms with Gasteiger partial charge in [-0.1, -0.05) is 18.2 Å². The van der Waals surface area contributed by atoms with Crippen molar-refractivity contribution in [2.24, 2.45) is 18.8 Å². The van der Waals surface area contributed by atoms with Crippen LogP contribution in [0.1, 0.15) is 45.0 Å². The first-order chi connectivity index (χ1) is 16.0. The van der Waals surface area contributed by atoms with Crippen molar-refractivity contribution in [2.45, 2.75) is 26.3 Å². The highest BCUT2D eigenvalue weighted by atomic mass is 16.4. The third-order valence-corrected chi connectivity index (χ3v) is 6.39. The molecular weight excluding hydrogens is 392 g/mol. The van der Waals surface area contributed by atoms with Crippen molar-refractivity contribution in [3.63, 3.8) is 0 Å². The summed E-state index contributed by atoms with van der Waals surface area (Å²) in [6, 6.07) is 9.80. The zero-order chi connectivity index (χ0) is 24.4. The Hall–Kier alpha value is -3.35. The second kappa shape index (κ2) is 7.11. The van der Waals surface area contributed by atoms with Gasteiger partial charge in [0, 0.05) is 35.4 Å². The molecule has 2 aromatic carbocycles. The van der Waals surface area contributed by atoms with Gasteiger partial charge >= 0.3 is 5.97 Å². The number of piperidine rings is 1. The van der Waals surface area contributed by atoms with Crippen LogP contribution in [0.15, 0.2) is 41.2 Å². The number of fused-ring (bicyclic) bond motifs is 2. The van der Waals surface area contributed by atoms with E-state index < -0.39 is 24.5 Å². The molecule has 5 rings (SSSR count). The Morgan fingerprint density at radius 3 is 2.74 bits per heavy atom. The number of rotatable bonds is 5. The molecule has 160 valence electrons. The number of aromatic carboxylic acids is 1. The van der Waals surface area contributed by atoms with Gasteiger partial charge in [-0.2, -0.15) is 0 Å². The third kappa shape index (κ3) is 3.34. The van der Waals surface area contributed by atoms with E-state index in [0.717, 1.165) is 16.6 Å². The highest BCUT2D eigenvalue weighted by Crippen LogP contribution is 2.46. The molecule has 1 saturated carbocycles. The molecule has 2 heterocycles. The second-order valence-corrected chi connectivity index (χ2v) is 8.68. The normalized spacial score (nSPS) is 22.4. The first-order valence-corrected chi connectivity index (χ1v) is 10.5. The molecule has 3 atom stereocenters. The molecule has 2 fully saturated rings. The Kier molecular flexibility index (Phi) is 3.75. The molecule has 0 radical (unpaired) electrons. The molecule has 1 saturated heterocycles. The molecule has 3 aromatic rings. The van der Waals surface area contributed by atoms with E-state index in [9.17, 15) is 14.7 Å². The lowest BCUT2D eigenvalue weighted by atomic mass is 10.0. The summed E-state index contributed by atoms with van der Waals surface area (Å²) in [6.45, 7) is 2.43. The van der Waals surface area contributed by atoms with E-state index in [-0.39, 0.29) is 16.9 Å². The fraction of sp³-hybridized carbons (Fsp3) is 0.375. The number of hydrogen-bond acceptors (Lipinski definition) is 5. The maximum Gasteiger partial charge on any atom is 0.337 e. The van der Waals surface area contributed by atoms with Gasteiger partial charge in [0.1, 0.15) is 0 Å². The van der Waals surface area contributed by atoms with E-state index >= 15 is 0 Å². The van der Waals surface area contributed by atoms with Gasteiger partial charge in [0.15, 0.2) is 0 Å². The zero-order valence-electron chi connectivity index (χ0n) is 20.4. The zero-order valence-corrected chi connectivity index (χ0v) is 17.4. The summed E-state index contributed by atoms with van der Waals surface area (Å²) in [6.07, 6.45) is 1.14. The number of para-hydroxylation sites is 1. The summed E-state index contributed by atoms with van der Waals surface area (Å²) >= 11 is 0. The number of aromatic nitrogens is 2. The molecular formula is C24H26N4O3. The molecule has 2 N–H and O–H groups in total. The maximum atomic E-state index is 13.5. The van der Waals surface area contributed by atoms with E-state index in [1.807, 2.05) is 24.8 Å². The van der Waals surface area contributed by atoms with Gasteiger partial charge in [0.2, 0.25) is 5.95 Å². The molecule has 3 unspecified atom stereocenters. The van der Waals surface area contributed by atoms with E-state index in [4.69, 9.17) is 9.10 Å². The summed E-state index contributed by atoms with van der Waals surface area (Å²) in [5.41, 5.74) is 1.92. The smallest absolute Gasteiger partial charge is 0.337 e. The molecule has 1 aliphatic carbocycles. The van der Waals surface area contributed by atoms with Crippen molar-refractivity contribution >= 4 is 28.5 Å². The minimum Gasteiger partial charge on any atom is -0.478 e. The van der Waals surface area contributed by atoms with Crippen LogP contribution in [0.25, 0.3) is 10.9 Å². The van der Waals surface area contributed by atoms with Crippen LogP contribution < -0.4 is 15.8 Å². The Morgan fingerprint density at radius 1 is 1.29 bits per heavy atom. The molecule has 1 aromatic heterocycles. The molecule has 7 nitrogen and oxygen atoms in total. The number of carbonyl (C=O) groups is 1. The van der Waals surface area contributed by atoms with E-state index in [1.165, 1.54) is 6.07 Å². The second-order valence-electron chi connectivity index (χ2n) is 8.68. The van der Waals surface area contributed by atoms with Crippen molar-refractivity contribution < 1.29 is 14.0 Å². The number of benzene rings is 2. The lowest BCUT2D eigenvalue weighted by molar-refractivity contribution is 0.0698. The number of nitrogens with one attached hydrogen (secondary N) is 1.